The molecule has 4 fully saturated rings. The van der Waals surface area contributed by atoms with E-state index in [1.54, 1.807) is 0 Å². The minimum atomic E-state index is -0.164. The lowest BCUT2D eigenvalue weighted by Gasteiger charge is -2.64. The Bertz CT molecular complexity index is 598. The second kappa shape index (κ2) is 5.58. The molecule has 1 spiro atoms. The maximum Gasteiger partial charge on any atom is 0.303 e. The van der Waals surface area contributed by atoms with E-state index in [9.17, 15) is 9.90 Å². The van der Waals surface area contributed by atoms with Crippen LogP contribution in [0.15, 0.2) is 12.2 Å². The van der Waals surface area contributed by atoms with Gasteiger partial charge in [-0.1, -0.05) is 26.8 Å². The molecule has 4 aliphatic rings. The number of esters is 1. The Labute approximate surface area is 152 Å². The van der Waals surface area contributed by atoms with Crippen LogP contribution in [0.3, 0.4) is 0 Å². The summed E-state index contributed by atoms with van der Waals surface area (Å²) in [6.07, 6.45) is 9.39. The van der Waals surface area contributed by atoms with Gasteiger partial charge in [0.15, 0.2) is 0 Å². The van der Waals surface area contributed by atoms with Crippen LogP contribution >= 0.6 is 0 Å². The number of aliphatic hydroxyl groups is 1. The summed E-state index contributed by atoms with van der Waals surface area (Å²) in [7, 11) is 0. The number of hydrogen-bond acceptors (Lipinski definition) is 3. The molecule has 0 unspecified atom stereocenters. The van der Waals surface area contributed by atoms with Crippen LogP contribution in [0.4, 0.5) is 0 Å². The van der Waals surface area contributed by atoms with Crippen molar-refractivity contribution in [2.45, 2.75) is 78.2 Å². The number of aliphatic hydroxyl groups excluding tert-OH is 1. The molecule has 0 aromatic rings. The van der Waals surface area contributed by atoms with Gasteiger partial charge in [-0.15, -0.1) is 0 Å². The number of carbonyl (C=O) groups is 1. The van der Waals surface area contributed by atoms with Gasteiger partial charge in [0.2, 0.25) is 0 Å². The summed E-state index contributed by atoms with van der Waals surface area (Å²) < 4.78 is 5.91. The zero-order valence-electron chi connectivity index (χ0n) is 16.1. The van der Waals surface area contributed by atoms with Gasteiger partial charge >= 0.3 is 5.97 Å². The Morgan fingerprint density at radius 2 is 1.96 bits per heavy atom. The van der Waals surface area contributed by atoms with E-state index in [1.807, 2.05) is 0 Å². The van der Waals surface area contributed by atoms with Gasteiger partial charge in [-0.05, 0) is 79.1 Å². The van der Waals surface area contributed by atoms with E-state index in [1.165, 1.54) is 38.2 Å². The molecule has 4 aliphatic carbocycles. The molecule has 0 aromatic heterocycles. The van der Waals surface area contributed by atoms with E-state index in [-0.39, 0.29) is 28.3 Å². The first-order chi connectivity index (χ1) is 11.8. The maximum absolute atomic E-state index is 11.8. The van der Waals surface area contributed by atoms with Crippen molar-refractivity contribution < 1.29 is 14.6 Å². The quantitative estimate of drug-likeness (QED) is 0.592. The van der Waals surface area contributed by atoms with Gasteiger partial charge in [-0.3, -0.25) is 4.79 Å². The molecule has 25 heavy (non-hydrogen) atoms. The highest BCUT2D eigenvalue weighted by molar-refractivity contribution is 5.66. The molecule has 0 saturated heterocycles. The molecule has 1 N–H and O–H groups in total. The summed E-state index contributed by atoms with van der Waals surface area (Å²) in [5.41, 5.74) is 1.59. The zero-order chi connectivity index (χ0) is 18.0. The van der Waals surface area contributed by atoms with Crippen LogP contribution in [-0.2, 0) is 9.53 Å². The Morgan fingerprint density at radius 1 is 1.20 bits per heavy atom. The van der Waals surface area contributed by atoms with Crippen LogP contribution in [0.2, 0.25) is 0 Å². The van der Waals surface area contributed by atoms with Crippen molar-refractivity contribution in [3.63, 3.8) is 0 Å². The minimum absolute atomic E-state index is 0.0536. The van der Waals surface area contributed by atoms with E-state index in [0.29, 0.717) is 24.4 Å². The van der Waals surface area contributed by atoms with E-state index >= 15 is 0 Å². The highest BCUT2D eigenvalue weighted by atomic mass is 16.5. The lowest BCUT2D eigenvalue weighted by atomic mass is 9.41. The van der Waals surface area contributed by atoms with Crippen molar-refractivity contribution in [2.75, 3.05) is 6.61 Å². The van der Waals surface area contributed by atoms with Crippen molar-refractivity contribution in [3.05, 3.63) is 12.2 Å². The lowest BCUT2D eigenvalue weighted by molar-refractivity contribution is -0.190. The third-order valence-electron chi connectivity index (χ3n) is 8.95. The van der Waals surface area contributed by atoms with Crippen molar-refractivity contribution in [1.29, 1.82) is 0 Å². The predicted octanol–water partition coefficient (Wildman–Crippen LogP) is 4.49. The van der Waals surface area contributed by atoms with Crippen LogP contribution < -0.4 is 0 Å². The van der Waals surface area contributed by atoms with Crippen LogP contribution in [0, 0.1) is 34.0 Å². The molecule has 4 saturated carbocycles. The fourth-order valence-corrected chi connectivity index (χ4v) is 8.02. The standard InChI is InChI=1S/C22H34O3/c1-14-16-6-7-18-21(4)10-5-9-20(3,13-23)17(21)8-11-22(18,12-16)19(14)25-15(2)24/h16-19,23H,1,5-13H2,2-4H3/t16-,17-,18+,19+,20+,21-,22-/m1/s1. The summed E-state index contributed by atoms with van der Waals surface area (Å²) in [6, 6.07) is 0. The van der Waals surface area contributed by atoms with Crippen LogP contribution in [0.25, 0.3) is 0 Å². The van der Waals surface area contributed by atoms with Gasteiger partial charge in [0, 0.05) is 18.9 Å². The first kappa shape index (κ1) is 17.6. The van der Waals surface area contributed by atoms with Gasteiger partial charge in [-0.2, -0.15) is 0 Å². The molecule has 3 heteroatoms. The average molecular weight is 347 g/mol. The molecule has 0 radical (unpaired) electrons. The molecule has 140 valence electrons. The SMILES string of the molecule is C=C1[C@@H]2CC[C@H]3[C@]4(C)CCC[C@@](C)(CO)[C@H]4CC[C@]3(C2)[C@H]1OC(C)=O. The molecule has 0 aromatic carbocycles. The second-order valence-electron chi connectivity index (χ2n) is 10.1. The molecule has 7 atom stereocenters. The largest absolute Gasteiger partial charge is 0.457 e. The van der Waals surface area contributed by atoms with E-state index in [4.69, 9.17) is 4.74 Å². The van der Waals surface area contributed by atoms with Crippen molar-refractivity contribution >= 4 is 5.97 Å². The van der Waals surface area contributed by atoms with E-state index in [2.05, 4.69) is 20.4 Å². The summed E-state index contributed by atoms with van der Waals surface area (Å²) in [5, 5.41) is 10.2. The third kappa shape index (κ3) is 2.23. The van der Waals surface area contributed by atoms with Crippen LogP contribution in [-0.4, -0.2) is 23.8 Å². The molecule has 3 nitrogen and oxygen atoms in total. The fourth-order valence-electron chi connectivity index (χ4n) is 8.02. The Kier molecular flexibility index (Phi) is 3.92. The first-order valence-electron chi connectivity index (χ1n) is 10.2. The fraction of sp³-hybridized carbons (Fsp3) is 0.864. The highest BCUT2D eigenvalue weighted by Crippen LogP contribution is 2.72. The molecule has 2 bridgehead atoms. The number of fused-ring (bicyclic) bond motifs is 3. The van der Waals surface area contributed by atoms with Gasteiger partial charge < -0.3 is 9.84 Å². The first-order valence-corrected chi connectivity index (χ1v) is 10.2. The Hall–Kier alpha value is -0.830. The zero-order valence-corrected chi connectivity index (χ0v) is 16.1. The highest BCUT2D eigenvalue weighted by Gasteiger charge is 2.67. The number of rotatable bonds is 2. The van der Waals surface area contributed by atoms with Gasteiger partial charge in [0.05, 0.1) is 0 Å². The maximum atomic E-state index is 11.8. The second-order valence-corrected chi connectivity index (χ2v) is 10.1. The average Bonchev–Trinajstić information content (AvgIpc) is 2.75. The molecule has 0 aliphatic heterocycles. The topological polar surface area (TPSA) is 46.5 Å². The number of carbonyl (C=O) groups excluding carboxylic acids is 1. The van der Waals surface area contributed by atoms with E-state index < -0.39 is 0 Å². The number of hydrogen-bond donors (Lipinski definition) is 1. The van der Waals surface area contributed by atoms with Crippen molar-refractivity contribution in [1.82, 2.24) is 0 Å². The smallest absolute Gasteiger partial charge is 0.303 e. The van der Waals surface area contributed by atoms with E-state index in [0.717, 1.165) is 25.7 Å². The van der Waals surface area contributed by atoms with Crippen molar-refractivity contribution in [3.8, 4) is 0 Å². The predicted molar refractivity (Wildman–Crippen MR) is 97.8 cm³/mol. The molecular formula is C22H34O3. The van der Waals surface area contributed by atoms with Crippen LogP contribution in [0.1, 0.15) is 72.1 Å². The monoisotopic (exact) mass is 346 g/mol. The molecule has 0 amide bonds. The summed E-state index contributed by atoms with van der Waals surface area (Å²) in [6.45, 7) is 11.0. The molecule has 4 rings (SSSR count). The normalized spacial score (nSPS) is 51.6. The molecule has 0 heterocycles. The lowest BCUT2D eigenvalue weighted by Crippen LogP contribution is -2.59. The number of ether oxygens (including phenoxy) is 1. The van der Waals surface area contributed by atoms with Crippen LogP contribution in [0.5, 0.6) is 0 Å². The Morgan fingerprint density at radius 3 is 2.64 bits per heavy atom. The van der Waals surface area contributed by atoms with Crippen molar-refractivity contribution in [2.24, 2.45) is 34.0 Å². The summed E-state index contributed by atoms with van der Waals surface area (Å²) in [5.74, 6) is 1.54. The third-order valence-corrected chi connectivity index (χ3v) is 8.95. The van der Waals surface area contributed by atoms with Gasteiger partial charge in [0.1, 0.15) is 6.10 Å². The minimum Gasteiger partial charge on any atom is -0.457 e. The summed E-state index contributed by atoms with van der Waals surface area (Å²) in [4.78, 5) is 11.8. The van der Waals surface area contributed by atoms with Gasteiger partial charge in [-0.25, -0.2) is 0 Å². The molecular weight excluding hydrogens is 312 g/mol. The Balaban J connectivity index is 1.75. The summed E-state index contributed by atoms with van der Waals surface area (Å²) >= 11 is 0. The van der Waals surface area contributed by atoms with Gasteiger partial charge in [0.25, 0.3) is 0 Å².